The lowest BCUT2D eigenvalue weighted by Gasteiger charge is -2.50. The van der Waals surface area contributed by atoms with E-state index in [0.717, 1.165) is 51.0 Å². The molecule has 0 aromatic carbocycles. The Morgan fingerprint density at radius 1 is 1.09 bits per heavy atom. The summed E-state index contributed by atoms with van der Waals surface area (Å²) in [4.78, 5) is 15.0. The van der Waals surface area contributed by atoms with E-state index in [0.29, 0.717) is 37.7 Å². The van der Waals surface area contributed by atoms with Crippen molar-refractivity contribution in [2.75, 3.05) is 33.8 Å². The first-order valence-electron chi connectivity index (χ1n) is 17.6. The predicted octanol–water partition coefficient (Wildman–Crippen LogP) is 4.81. The minimum atomic E-state index is -0.104. The lowest BCUT2D eigenvalue weighted by atomic mass is 9.69. The maximum absolute atomic E-state index is 12.9. The van der Waals surface area contributed by atoms with Crippen molar-refractivity contribution in [3.8, 4) is 6.07 Å². The second-order valence-corrected chi connectivity index (χ2v) is 14.2. The van der Waals surface area contributed by atoms with Gasteiger partial charge < -0.3 is 30.9 Å². The van der Waals surface area contributed by atoms with Crippen LogP contribution in [0.1, 0.15) is 105 Å². The molecule has 9 heteroatoms. The van der Waals surface area contributed by atoms with Gasteiger partial charge in [-0.1, -0.05) is 33.1 Å². The van der Waals surface area contributed by atoms with E-state index in [9.17, 15) is 10.1 Å². The average Bonchev–Trinajstić information content (AvgIpc) is 3.00. The van der Waals surface area contributed by atoms with Gasteiger partial charge in [-0.05, 0) is 97.7 Å². The van der Waals surface area contributed by atoms with Crippen molar-refractivity contribution in [3.63, 3.8) is 0 Å². The Kier molecular flexibility index (Phi) is 16.0. The lowest BCUT2D eigenvalue weighted by Crippen LogP contribution is -2.66. The number of piperidine rings is 1. The molecule has 43 heavy (non-hydrogen) atoms. The number of hydrogen-bond acceptors (Lipinski definition) is 7. The van der Waals surface area contributed by atoms with Gasteiger partial charge in [-0.15, -0.1) is 11.6 Å². The van der Waals surface area contributed by atoms with Gasteiger partial charge in [0.05, 0.1) is 29.5 Å². The molecule has 0 bridgehead atoms. The SMILES string of the molecule is CC.CCOC1CC2NCC(C#N)C(NC3CCC(NC(C)C4CCCCC4)C(Cl)C3)C2CC1NC(=O)CCCN(C)C. The molecule has 4 fully saturated rings. The monoisotopic (exact) mass is 622 g/mol. The molecule has 248 valence electrons. The average molecular weight is 623 g/mol. The van der Waals surface area contributed by atoms with Crippen molar-refractivity contribution >= 4 is 17.5 Å². The van der Waals surface area contributed by atoms with E-state index < -0.39 is 0 Å². The maximum Gasteiger partial charge on any atom is 0.220 e. The van der Waals surface area contributed by atoms with Crippen LogP contribution in [0, 0.1) is 29.1 Å². The summed E-state index contributed by atoms with van der Waals surface area (Å²) in [5.41, 5.74) is 0. The molecule has 3 saturated carbocycles. The number of nitriles is 1. The van der Waals surface area contributed by atoms with Crippen LogP contribution in [-0.4, -0.2) is 92.3 Å². The number of ether oxygens (including phenoxy) is 1. The van der Waals surface area contributed by atoms with E-state index >= 15 is 0 Å². The third-order valence-electron chi connectivity index (χ3n) is 10.4. The van der Waals surface area contributed by atoms with Crippen molar-refractivity contribution in [3.05, 3.63) is 0 Å². The van der Waals surface area contributed by atoms with Crippen molar-refractivity contribution in [2.45, 2.75) is 152 Å². The van der Waals surface area contributed by atoms with Crippen LogP contribution < -0.4 is 21.3 Å². The molecule has 1 saturated heterocycles. The molecule has 4 rings (SSSR count). The lowest BCUT2D eigenvalue weighted by molar-refractivity contribution is -0.124. The molecule has 8 nitrogen and oxygen atoms in total. The number of carbonyl (C=O) groups is 1. The van der Waals surface area contributed by atoms with Gasteiger partial charge in [0, 0.05) is 49.8 Å². The highest BCUT2D eigenvalue weighted by Crippen LogP contribution is 2.37. The number of rotatable bonds is 12. The third kappa shape index (κ3) is 10.8. The first-order chi connectivity index (χ1) is 20.8. The number of nitrogens with zero attached hydrogens (tertiary/aromatic N) is 2. The van der Waals surface area contributed by atoms with Crippen LogP contribution in [0.5, 0.6) is 0 Å². The molecule has 0 aromatic rings. The van der Waals surface area contributed by atoms with Gasteiger partial charge in [0.2, 0.25) is 5.91 Å². The molecule has 0 spiro atoms. The fraction of sp³-hybridized carbons (Fsp3) is 0.941. The first-order valence-corrected chi connectivity index (χ1v) is 18.1. The number of nitrogens with one attached hydrogen (secondary N) is 4. The number of hydrogen-bond donors (Lipinski definition) is 4. The quantitative estimate of drug-likeness (QED) is 0.232. The summed E-state index contributed by atoms with van der Waals surface area (Å²) in [6.45, 7) is 10.6. The maximum atomic E-state index is 12.9. The summed E-state index contributed by atoms with van der Waals surface area (Å²) in [5.74, 6) is 1.03. The highest BCUT2D eigenvalue weighted by Gasteiger charge is 2.47. The molecular formula is C34H63ClN6O2. The Balaban J connectivity index is 0.00000248. The van der Waals surface area contributed by atoms with Crippen LogP contribution in [0.2, 0.25) is 0 Å². The smallest absolute Gasteiger partial charge is 0.220 e. The summed E-state index contributed by atoms with van der Waals surface area (Å²) in [6.07, 6.45) is 12.9. The number of fused-ring (bicyclic) bond motifs is 1. The topological polar surface area (TPSA) is 101 Å². The summed E-state index contributed by atoms with van der Waals surface area (Å²) < 4.78 is 6.15. The molecule has 1 amide bonds. The van der Waals surface area contributed by atoms with Gasteiger partial charge in [-0.25, -0.2) is 0 Å². The van der Waals surface area contributed by atoms with E-state index in [1.54, 1.807) is 0 Å². The second-order valence-electron chi connectivity index (χ2n) is 13.6. The molecule has 4 N–H and O–H groups in total. The highest BCUT2D eigenvalue weighted by molar-refractivity contribution is 6.21. The normalized spacial score (nSPS) is 35.7. The Morgan fingerprint density at radius 2 is 1.84 bits per heavy atom. The van der Waals surface area contributed by atoms with Crippen LogP contribution in [0.3, 0.4) is 0 Å². The molecule has 0 radical (unpaired) electrons. The molecule has 1 heterocycles. The minimum absolute atomic E-state index is 0.00859. The molecule has 4 aliphatic rings. The first kappa shape index (κ1) is 36.5. The largest absolute Gasteiger partial charge is 0.376 e. The second kappa shape index (κ2) is 18.9. The predicted molar refractivity (Wildman–Crippen MR) is 177 cm³/mol. The zero-order chi connectivity index (χ0) is 31.4. The van der Waals surface area contributed by atoms with Crippen LogP contribution in [0.4, 0.5) is 0 Å². The number of halogens is 1. The van der Waals surface area contributed by atoms with Gasteiger partial charge >= 0.3 is 0 Å². The standard InChI is InChI=1S/C32H57ClN6O2.C2H6/c1-5-41-30-18-28-25(17-29(30)38-31(40)12-9-15-39(3)4)32(23(19-34)20-35-28)37-24-13-14-27(26(33)16-24)36-21(2)22-10-7-6-8-11-22;1-2/h21-30,32,35-37H,5-18,20H2,1-4H3,(H,38,40);1-2H3. The fourth-order valence-electron chi connectivity index (χ4n) is 8.12. The highest BCUT2D eigenvalue weighted by atomic mass is 35.5. The summed E-state index contributed by atoms with van der Waals surface area (Å²) in [5, 5.41) is 25.1. The third-order valence-corrected chi connectivity index (χ3v) is 10.9. The van der Waals surface area contributed by atoms with Gasteiger partial charge in [-0.2, -0.15) is 5.26 Å². The molecular weight excluding hydrogens is 560 g/mol. The molecule has 3 aliphatic carbocycles. The van der Waals surface area contributed by atoms with Crippen molar-refractivity contribution in [2.24, 2.45) is 17.8 Å². The van der Waals surface area contributed by atoms with E-state index in [4.69, 9.17) is 16.3 Å². The van der Waals surface area contributed by atoms with Gasteiger partial charge in [0.25, 0.3) is 0 Å². The molecule has 0 aromatic heterocycles. The van der Waals surface area contributed by atoms with E-state index in [-0.39, 0.29) is 47.3 Å². The summed E-state index contributed by atoms with van der Waals surface area (Å²) >= 11 is 7.03. The van der Waals surface area contributed by atoms with E-state index in [1.807, 2.05) is 34.9 Å². The molecule has 10 atom stereocenters. The summed E-state index contributed by atoms with van der Waals surface area (Å²) in [7, 11) is 4.07. The van der Waals surface area contributed by atoms with Gasteiger partial charge in [0.1, 0.15) is 0 Å². The minimum Gasteiger partial charge on any atom is -0.376 e. The number of alkyl halides is 1. The van der Waals surface area contributed by atoms with Gasteiger partial charge in [-0.3, -0.25) is 4.79 Å². The number of carbonyl (C=O) groups excluding carboxylic acids is 1. The Bertz CT molecular complexity index is 849. The van der Waals surface area contributed by atoms with Crippen molar-refractivity contribution < 1.29 is 9.53 Å². The van der Waals surface area contributed by atoms with Crippen molar-refractivity contribution in [1.82, 2.24) is 26.2 Å². The Morgan fingerprint density at radius 3 is 2.49 bits per heavy atom. The van der Waals surface area contributed by atoms with Crippen LogP contribution in [0.25, 0.3) is 0 Å². The summed E-state index contributed by atoms with van der Waals surface area (Å²) in [6, 6.07) is 4.11. The Labute approximate surface area is 268 Å². The van der Waals surface area contributed by atoms with Crippen LogP contribution in [-0.2, 0) is 9.53 Å². The zero-order valence-electron chi connectivity index (χ0n) is 28.0. The number of amides is 1. The Hall–Kier alpha value is -0.950. The zero-order valence-corrected chi connectivity index (χ0v) is 28.8. The molecule has 10 unspecified atom stereocenters. The van der Waals surface area contributed by atoms with Crippen LogP contribution >= 0.6 is 11.6 Å². The van der Waals surface area contributed by atoms with E-state index in [1.165, 1.54) is 32.1 Å². The van der Waals surface area contributed by atoms with E-state index in [2.05, 4.69) is 39.2 Å². The fourth-order valence-corrected chi connectivity index (χ4v) is 8.53. The van der Waals surface area contributed by atoms with Crippen molar-refractivity contribution in [1.29, 1.82) is 5.26 Å². The van der Waals surface area contributed by atoms with Gasteiger partial charge in [0.15, 0.2) is 0 Å². The molecule has 1 aliphatic heterocycles. The van der Waals surface area contributed by atoms with Crippen LogP contribution in [0.15, 0.2) is 0 Å².